The predicted molar refractivity (Wildman–Crippen MR) is 73.1 cm³/mol. The molecule has 2 fully saturated rings. The molecule has 0 unspecified atom stereocenters. The Balaban J connectivity index is 1.68. The number of hydrogen-bond acceptors (Lipinski definition) is 1. The van der Waals surface area contributed by atoms with E-state index in [0.29, 0.717) is 0 Å². The van der Waals surface area contributed by atoms with Gasteiger partial charge in [0, 0.05) is 13.2 Å². The molecule has 2 rings (SSSR count). The molecular formula is C16H30O. The van der Waals surface area contributed by atoms with E-state index in [2.05, 4.69) is 13.8 Å². The fourth-order valence-corrected chi connectivity index (χ4v) is 3.87. The van der Waals surface area contributed by atoms with E-state index in [0.717, 1.165) is 36.9 Å². The zero-order valence-electron chi connectivity index (χ0n) is 11.8. The van der Waals surface area contributed by atoms with Crippen LogP contribution in [0.4, 0.5) is 0 Å². The van der Waals surface area contributed by atoms with E-state index in [1.54, 1.807) is 0 Å². The van der Waals surface area contributed by atoms with Gasteiger partial charge in [0.2, 0.25) is 0 Å². The first-order valence-electron chi connectivity index (χ1n) is 7.87. The molecule has 0 aliphatic heterocycles. The van der Waals surface area contributed by atoms with E-state index < -0.39 is 0 Å². The molecule has 0 aromatic rings. The zero-order chi connectivity index (χ0) is 12.1. The first kappa shape index (κ1) is 13.4. The van der Waals surface area contributed by atoms with Gasteiger partial charge in [-0.3, -0.25) is 0 Å². The predicted octanol–water partition coefficient (Wildman–Crippen LogP) is 4.66. The van der Waals surface area contributed by atoms with Crippen LogP contribution in [-0.2, 0) is 4.74 Å². The summed E-state index contributed by atoms with van der Waals surface area (Å²) in [4.78, 5) is 0. The lowest BCUT2D eigenvalue weighted by Crippen LogP contribution is -2.26. The SMILES string of the molecule is CCOCC1CCC(C2CCC(C)CC2)CC1. The molecule has 100 valence electrons. The Labute approximate surface area is 107 Å². The molecule has 0 aromatic carbocycles. The van der Waals surface area contributed by atoms with Gasteiger partial charge in [0.05, 0.1) is 0 Å². The Morgan fingerprint density at radius 3 is 1.88 bits per heavy atom. The average molecular weight is 238 g/mol. The van der Waals surface area contributed by atoms with E-state index in [4.69, 9.17) is 4.74 Å². The van der Waals surface area contributed by atoms with Crippen LogP contribution in [-0.4, -0.2) is 13.2 Å². The molecular weight excluding hydrogens is 208 g/mol. The van der Waals surface area contributed by atoms with Gasteiger partial charge in [-0.05, 0) is 69.1 Å². The van der Waals surface area contributed by atoms with Crippen LogP contribution in [0, 0.1) is 23.7 Å². The third kappa shape index (κ3) is 3.98. The highest BCUT2D eigenvalue weighted by Crippen LogP contribution is 2.41. The van der Waals surface area contributed by atoms with Gasteiger partial charge in [0.25, 0.3) is 0 Å². The zero-order valence-corrected chi connectivity index (χ0v) is 11.8. The molecule has 2 saturated carbocycles. The molecule has 0 aromatic heterocycles. The minimum absolute atomic E-state index is 0.869. The number of ether oxygens (including phenoxy) is 1. The Hall–Kier alpha value is -0.0400. The van der Waals surface area contributed by atoms with Crippen LogP contribution < -0.4 is 0 Å². The number of hydrogen-bond donors (Lipinski definition) is 0. The fourth-order valence-electron chi connectivity index (χ4n) is 3.87. The van der Waals surface area contributed by atoms with Crippen LogP contribution in [0.15, 0.2) is 0 Å². The van der Waals surface area contributed by atoms with Gasteiger partial charge >= 0.3 is 0 Å². The summed E-state index contributed by atoms with van der Waals surface area (Å²) < 4.78 is 5.57. The molecule has 0 N–H and O–H groups in total. The van der Waals surface area contributed by atoms with Crippen molar-refractivity contribution < 1.29 is 4.74 Å². The summed E-state index contributed by atoms with van der Waals surface area (Å²) in [7, 11) is 0. The van der Waals surface area contributed by atoms with Crippen molar-refractivity contribution in [2.45, 2.75) is 65.2 Å². The topological polar surface area (TPSA) is 9.23 Å². The van der Waals surface area contributed by atoms with Crippen molar-refractivity contribution >= 4 is 0 Å². The van der Waals surface area contributed by atoms with Gasteiger partial charge in [-0.2, -0.15) is 0 Å². The second-order valence-electron chi connectivity index (χ2n) is 6.46. The molecule has 0 amide bonds. The maximum absolute atomic E-state index is 5.57. The van der Waals surface area contributed by atoms with Gasteiger partial charge in [-0.1, -0.05) is 19.8 Å². The fraction of sp³-hybridized carbons (Fsp3) is 1.00. The molecule has 0 spiro atoms. The van der Waals surface area contributed by atoms with Crippen molar-refractivity contribution in [1.29, 1.82) is 0 Å². The molecule has 0 atom stereocenters. The minimum Gasteiger partial charge on any atom is -0.381 e. The summed E-state index contributed by atoms with van der Waals surface area (Å²) in [6.07, 6.45) is 11.8. The second-order valence-corrected chi connectivity index (χ2v) is 6.46. The van der Waals surface area contributed by atoms with Crippen molar-refractivity contribution in [2.24, 2.45) is 23.7 Å². The van der Waals surface area contributed by atoms with E-state index in [9.17, 15) is 0 Å². The van der Waals surface area contributed by atoms with Crippen LogP contribution in [0.25, 0.3) is 0 Å². The Morgan fingerprint density at radius 1 is 0.824 bits per heavy atom. The normalized spacial score (nSPS) is 39.2. The molecule has 1 heteroatoms. The molecule has 2 aliphatic carbocycles. The summed E-state index contributed by atoms with van der Waals surface area (Å²) in [6, 6.07) is 0. The lowest BCUT2D eigenvalue weighted by Gasteiger charge is -2.37. The molecule has 2 aliphatic rings. The smallest absolute Gasteiger partial charge is 0.0494 e. The van der Waals surface area contributed by atoms with Crippen LogP contribution in [0.5, 0.6) is 0 Å². The summed E-state index contributed by atoms with van der Waals surface area (Å²) >= 11 is 0. The highest BCUT2D eigenvalue weighted by Gasteiger charge is 2.29. The highest BCUT2D eigenvalue weighted by molar-refractivity contribution is 4.81. The quantitative estimate of drug-likeness (QED) is 0.692. The van der Waals surface area contributed by atoms with E-state index in [1.165, 1.54) is 51.4 Å². The van der Waals surface area contributed by atoms with E-state index in [-0.39, 0.29) is 0 Å². The van der Waals surface area contributed by atoms with Crippen LogP contribution in [0.2, 0.25) is 0 Å². The molecule has 1 nitrogen and oxygen atoms in total. The monoisotopic (exact) mass is 238 g/mol. The highest BCUT2D eigenvalue weighted by atomic mass is 16.5. The third-order valence-corrected chi connectivity index (χ3v) is 5.18. The Morgan fingerprint density at radius 2 is 1.35 bits per heavy atom. The summed E-state index contributed by atoms with van der Waals surface area (Å²) in [6.45, 7) is 6.44. The van der Waals surface area contributed by atoms with Gasteiger partial charge in [0.1, 0.15) is 0 Å². The van der Waals surface area contributed by atoms with Crippen molar-refractivity contribution in [3.05, 3.63) is 0 Å². The Kier molecular flexibility index (Phi) is 5.34. The van der Waals surface area contributed by atoms with Gasteiger partial charge < -0.3 is 4.74 Å². The van der Waals surface area contributed by atoms with E-state index in [1.807, 2.05) is 0 Å². The second kappa shape index (κ2) is 6.78. The summed E-state index contributed by atoms with van der Waals surface area (Å²) in [5.74, 6) is 3.99. The molecule has 17 heavy (non-hydrogen) atoms. The van der Waals surface area contributed by atoms with Gasteiger partial charge in [-0.15, -0.1) is 0 Å². The van der Waals surface area contributed by atoms with Gasteiger partial charge in [0.15, 0.2) is 0 Å². The van der Waals surface area contributed by atoms with Crippen molar-refractivity contribution in [3.63, 3.8) is 0 Å². The first-order chi connectivity index (χ1) is 8.29. The maximum Gasteiger partial charge on any atom is 0.0494 e. The lowest BCUT2D eigenvalue weighted by atomic mass is 9.69. The standard InChI is InChI=1S/C16H30O/c1-3-17-12-14-6-10-16(11-7-14)15-8-4-13(2)5-9-15/h13-16H,3-12H2,1-2H3. The third-order valence-electron chi connectivity index (χ3n) is 5.18. The first-order valence-corrected chi connectivity index (χ1v) is 7.87. The van der Waals surface area contributed by atoms with Crippen LogP contribution >= 0.6 is 0 Å². The lowest BCUT2D eigenvalue weighted by molar-refractivity contribution is 0.0720. The van der Waals surface area contributed by atoms with Crippen LogP contribution in [0.1, 0.15) is 65.2 Å². The summed E-state index contributed by atoms with van der Waals surface area (Å²) in [5.41, 5.74) is 0. The van der Waals surface area contributed by atoms with Crippen molar-refractivity contribution in [3.8, 4) is 0 Å². The largest absolute Gasteiger partial charge is 0.381 e. The Bertz CT molecular complexity index is 198. The maximum atomic E-state index is 5.57. The van der Waals surface area contributed by atoms with Crippen molar-refractivity contribution in [2.75, 3.05) is 13.2 Å². The molecule has 0 radical (unpaired) electrons. The summed E-state index contributed by atoms with van der Waals surface area (Å²) in [5, 5.41) is 0. The molecule has 0 heterocycles. The van der Waals surface area contributed by atoms with Crippen LogP contribution in [0.3, 0.4) is 0 Å². The molecule has 0 bridgehead atoms. The molecule has 0 saturated heterocycles. The minimum atomic E-state index is 0.869. The average Bonchev–Trinajstić information content (AvgIpc) is 2.38. The van der Waals surface area contributed by atoms with Gasteiger partial charge in [-0.25, -0.2) is 0 Å². The number of rotatable bonds is 4. The van der Waals surface area contributed by atoms with E-state index >= 15 is 0 Å². The van der Waals surface area contributed by atoms with Crippen molar-refractivity contribution in [1.82, 2.24) is 0 Å².